The quantitative estimate of drug-likeness (QED) is 0.517. The average molecular weight is 362 g/mol. The maximum atomic E-state index is 6.21. The number of rotatable bonds is 5. The average Bonchev–Trinajstić information content (AvgIpc) is 2.72. The number of nitrogens with zero attached hydrogens (tertiary/aromatic N) is 2. The number of aromatic nitrogens is 2. The molecule has 4 rings (SSSR count). The van der Waals surface area contributed by atoms with Crippen molar-refractivity contribution in [2.24, 2.45) is 0 Å². The van der Waals surface area contributed by atoms with Gasteiger partial charge in [0.15, 0.2) is 23.0 Å². The second-order valence-corrected chi connectivity index (χ2v) is 5.83. The van der Waals surface area contributed by atoms with E-state index in [4.69, 9.17) is 18.9 Å². The van der Waals surface area contributed by atoms with Crippen LogP contribution >= 0.6 is 0 Å². The molecule has 0 bridgehead atoms. The Balaban J connectivity index is 1.85. The molecule has 0 saturated heterocycles. The van der Waals surface area contributed by atoms with Crippen LogP contribution in [0.4, 0.5) is 0 Å². The Morgan fingerprint density at radius 3 is 2.07 bits per heavy atom. The lowest BCUT2D eigenvalue weighted by atomic mass is 10.1. The van der Waals surface area contributed by atoms with Gasteiger partial charge in [0, 0.05) is 35.3 Å². The van der Waals surface area contributed by atoms with E-state index in [1.54, 1.807) is 39.8 Å². The predicted octanol–water partition coefficient (Wildman–Crippen LogP) is 4.60. The number of hydrogen-bond donors (Lipinski definition) is 0. The van der Waals surface area contributed by atoms with Crippen molar-refractivity contribution in [2.75, 3.05) is 21.3 Å². The first-order chi connectivity index (χ1) is 13.2. The van der Waals surface area contributed by atoms with E-state index < -0.39 is 0 Å². The maximum Gasteiger partial charge on any atom is 0.170 e. The first-order valence-electron chi connectivity index (χ1n) is 8.35. The molecule has 0 saturated carbocycles. The van der Waals surface area contributed by atoms with Crippen molar-refractivity contribution in [3.8, 4) is 28.7 Å². The molecule has 0 aliphatic heterocycles. The molecule has 0 aliphatic rings. The molecule has 0 aliphatic carbocycles. The molecule has 4 aromatic rings. The van der Waals surface area contributed by atoms with Crippen molar-refractivity contribution >= 4 is 21.8 Å². The van der Waals surface area contributed by atoms with E-state index in [0.717, 1.165) is 21.8 Å². The zero-order chi connectivity index (χ0) is 18.8. The third kappa shape index (κ3) is 3.06. The Morgan fingerprint density at radius 2 is 1.30 bits per heavy atom. The fraction of sp³-hybridized carbons (Fsp3) is 0.143. The largest absolute Gasteiger partial charge is 0.493 e. The first kappa shape index (κ1) is 16.9. The minimum absolute atomic E-state index is 0.597. The second-order valence-electron chi connectivity index (χ2n) is 5.83. The van der Waals surface area contributed by atoms with Gasteiger partial charge in [-0.1, -0.05) is 6.07 Å². The van der Waals surface area contributed by atoms with E-state index in [1.165, 1.54) is 0 Å². The van der Waals surface area contributed by atoms with Crippen LogP contribution < -0.4 is 18.9 Å². The van der Waals surface area contributed by atoms with Crippen LogP contribution in [0.3, 0.4) is 0 Å². The third-order valence-electron chi connectivity index (χ3n) is 4.32. The first-order valence-corrected chi connectivity index (χ1v) is 8.35. The molecule has 2 heterocycles. The summed E-state index contributed by atoms with van der Waals surface area (Å²) in [5.41, 5.74) is 1.58. The molecule has 2 aromatic heterocycles. The lowest BCUT2D eigenvalue weighted by Gasteiger charge is -2.14. The van der Waals surface area contributed by atoms with Gasteiger partial charge in [0.2, 0.25) is 0 Å². The summed E-state index contributed by atoms with van der Waals surface area (Å²) in [5.74, 6) is 3.07. The molecule has 6 heteroatoms. The van der Waals surface area contributed by atoms with Crippen LogP contribution in [-0.4, -0.2) is 31.3 Å². The number of fused-ring (bicyclic) bond motifs is 2. The summed E-state index contributed by atoms with van der Waals surface area (Å²) in [6.45, 7) is 0. The smallest absolute Gasteiger partial charge is 0.170 e. The predicted molar refractivity (Wildman–Crippen MR) is 103 cm³/mol. The van der Waals surface area contributed by atoms with Crippen LogP contribution in [0.2, 0.25) is 0 Å². The lowest BCUT2D eigenvalue weighted by molar-refractivity contribution is 0.355. The van der Waals surface area contributed by atoms with E-state index in [2.05, 4.69) is 9.97 Å². The summed E-state index contributed by atoms with van der Waals surface area (Å²) >= 11 is 0. The molecule has 0 radical (unpaired) electrons. The van der Waals surface area contributed by atoms with Crippen LogP contribution in [0.15, 0.2) is 54.9 Å². The lowest BCUT2D eigenvalue weighted by Crippen LogP contribution is -1.95. The third-order valence-corrected chi connectivity index (χ3v) is 4.32. The summed E-state index contributed by atoms with van der Waals surface area (Å²) in [7, 11) is 4.80. The summed E-state index contributed by atoms with van der Waals surface area (Å²) in [5, 5.41) is 1.77. The summed E-state index contributed by atoms with van der Waals surface area (Å²) in [6.07, 6.45) is 3.44. The standard InChI is InChI=1S/C21H18N2O4/c1-24-18-10-14-16(12-19(18)25-2)23-8-6-17(14)27-21-9-13-5-4-7-22-15(13)11-20(21)26-3/h4-12H,1-3H3. The minimum atomic E-state index is 0.597. The molecule has 0 atom stereocenters. The molecular weight excluding hydrogens is 344 g/mol. The van der Waals surface area contributed by atoms with Gasteiger partial charge in [-0.3, -0.25) is 9.97 Å². The van der Waals surface area contributed by atoms with Gasteiger partial charge in [0.1, 0.15) is 5.75 Å². The molecule has 0 spiro atoms. The van der Waals surface area contributed by atoms with Crippen LogP contribution in [0, 0.1) is 0 Å². The van der Waals surface area contributed by atoms with Gasteiger partial charge in [0.05, 0.1) is 32.4 Å². The van der Waals surface area contributed by atoms with Crippen LogP contribution in [0.5, 0.6) is 28.7 Å². The van der Waals surface area contributed by atoms with Crippen molar-refractivity contribution in [1.82, 2.24) is 9.97 Å². The molecule has 136 valence electrons. The van der Waals surface area contributed by atoms with Gasteiger partial charge in [-0.2, -0.15) is 0 Å². The van der Waals surface area contributed by atoms with Crippen molar-refractivity contribution in [1.29, 1.82) is 0 Å². The summed E-state index contributed by atoms with van der Waals surface area (Å²) < 4.78 is 22.5. The number of methoxy groups -OCH3 is 3. The van der Waals surface area contributed by atoms with Crippen molar-refractivity contribution in [3.63, 3.8) is 0 Å². The van der Waals surface area contributed by atoms with Crippen LogP contribution in [0.1, 0.15) is 0 Å². The minimum Gasteiger partial charge on any atom is -0.493 e. The number of ether oxygens (including phenoxy) is 4. The van der Waals surface area contributed by atoms with Gasteiger partial charge in [-0.05, 0) is 24.3 Å². The van der Waals surface area contributed by atoms with Gasteiger partial charge < -0.3 is 18.9 Å². The fourth-order valence-electron chi connectivity index (χ4n) is 2.97. The number of hydrogen-bond acceptors (Lipinski definition) is 6. The summed E-state index contributed by atoms with van der Waals surface area (Å²) in [6, 6.07) is 13.1. The Kier molecular flexibility index (Phi) is 4.38. The van der Waals surface area contributed by atoms with E-state index in [-0.39, 0.29) is 0 Å². The highest BCUT2D eigenvalue weighted by Gasteiger charge is 2.14. The Morgan fingerprint density at radius 1 is 0.630 bits per heavy atom. The monoisotopic (exact) mass is 362 g/mol. The van der Waals surface area contributed by atoms with E-state index in [1.807, 2.05) is 36.4 Å². The van der Waals surface area contributed by atoms with Crippen molar-refractivity contribution < 1.29 is 18.9 Å². The number of benzene rings is 2. The molecule has 2 aromatic carbocycles. The van der Waals surface area contributed by atoms with E-state index in [0.29, 0.717) is 28.7 Å². The van der Waals surface area contributed by atoms with Gasteiger partial charge in [0.25, 0.3) is 0 Å². The Labute approximate surface area is 156 Å². The molecule has 0 amide bonds. The van der Waals surface area contributed by atoms with Crippen LogP contribution in [0.25, 0.3) is 21.8 Å². The zero-order valence-electron chi connectivity index (χ0n) is 15.2. The molecule has 27 heavy (non-hydrogen) atoms. The summed E-state index contributed by atoms with van der Waals surface area (Å²) in [4.78, 5) is 8.76. The Hall–Kier alpha value is -3.54. The second kappa shape index (κ2) is 6.99. The van der Waals surface area contributed by atoms with E-state index >= 15 is 0 Å². The zero-order valence-corrected chi connectivity index (χ0v) is 15.2. The van der Waals surface area contributed by atoms with Gasteiger partial charge in [-0.15, -0.1) is 0 Å². The number of pyridine rings is 2. The van der Waals surface area contributed by atoms with Gasteiger partial charge >= 0.3 is 0 Å². The highest BCUT2D eigenvalue weighted by atomic mass is 16.5. The SMILES string of the molecule is COc1cc2nccc(Oc3cc4cccnc4cc3OC)c2cc1OC. The molecular formula is C21H18N2O4. The normalized spacial score (nSPS) is 10.8. The maximum absolute atomic E-state index is 6.21. The molecule has 0 unspecified atom stereocenters. The molecule has 6 nitrogen and oxygen atoms in total. The van der Waals surface area contributed by atoms with Crippen molar-refractivity contribution in [2.45, 2.75) is 0 Å². The van der Waals surface area contributed by atoms with Gasteiger partial charge in [-0.25, -0.2) is 0 Å². The van der Waals surface area contributed by atoms with Crippen molar-refractivity contribution in [3.05, 3.63) is 54.9 Å². The van der Waals surface area contributed by atoms with E-state index in [9.17, 15) is 0 Å². The highest BCUT2D eigenvalue weighted by molar-refractivity contribution is 5.89. The highest BCUT2D eigenvalue weighted by Crippen LogP contribution is 2.40. The fourth-order valence-corrected chi connectivity index (χ4v) is 2.97. The molecule has 0 fully saturated rings. The Bertz CT molecular complexity index is 1130. The van der Waals surface area contributed by atoms with Crippen LogP contribution in [-0.2, 0) is 0 Å². The topological polar surface area (TPSA) is 62.7 Å². The molecule has 0 N–H and O–H groups in total.